The van der Waals surface area contributed by atoms with Gasteiger partial charge < -0.3 is 25.8 Å². The van der Waals surface area contributed by atoms with Crippen molar-refractivity contribution in [3.05, 3.63) is 90.1 Å². The summed E-state index contributed by atoms with van der Waals surface area (Å²) >= 11 is 0. The van der Waals surface area contributed by atoms with E-state index in [0.717, 1.165) is 51.9 Å². The van der Waals surface area contributed by atoms with Crippen molar-refractivity contribution in [2.24, 2.45) is 0 Å². The Morgan fingerprint density at radius 3 is 2.43 bits per heavy atom. The molecule has 0 fully saturated rings. The second-order valence-electron chi connectivity index (χ2n) is 10.7. The first-order chi connectivity index (χ1) is 21.3. The molecule has 9 heteroatoms. The Kier molecular flexibility index (Phi) is 11.7. The number of benzene rings is 3. The Hall–Kier alpha value is -4.92. The largest absolute Gasteiger partial charge is 0.493 e. The Labute approximate surface area is 258 Å². The van der Waals surface area contributed by atoms with Crippen molar-refractivity contribution in [2.45, 2.75) is 52.0 Å². The molecular formula is C35H40N4O5. The molecule has 4 rings (SSSR count). The lowest BCUT2D eigenvalue weighted by Gasteiger charge is -2.19. The molecule has 3 aromatic carbocycles. The number of fused-ring (bicyclic) bond motifs is 1. The van der Waals surface area contributed by atoms with Crippen LogP contribution in [0.4, 0.5) is 5.82 Å². The van der Waals surface area contributed by atoms with E-state index in [2.05, 4.69) is 33.9 Å². The number of carboxylic acid groups (broad SMARTS) is 1. The maximum absolute atomic E-state index is 12.7. The Morgan fingerprint density at radius 2 is 1.70 bits per heavy atom. The van der Waals surface area contributed by atoms with Crippen LogP contribution in [0.3, 0.4) is 0 Å². The average Bonchev–Trinajstić information content (AvgIpc) is 3.02. The van der Waals surface area contributed by atoms with E-state index in [4.69, 9.17) is 4.74 Å². The molecule has 4 N–H and O–H groups in total. The van der Waals surface area contributed by atoms with E-state index in [1.807, 2.05) is 73.7 Å². The van der Waals surface area contributed by atoms with E-state index in [1.54, 1.807) is 6.20 Å². The van der Waals surface area contributed by atoms with Crippen LogP contribution in [0.5, 0.6) is 5.75 Å². The van der Waals surface area contributed by atoms with Crippen LogP contribution in [0.2, 0.25) is 0 Å². The molecule has 0 saturated carbocycles. The molecule has 0 aliphatic heterocycles. The lowest BCUT2D eigenvalue weighted by atomic mass is 9.95. The minimum Gasteiger partial charge on any atom is -0.493 e. The lowest BCUT2D eigenvalue weighted by molar-refractivity contribution is -0.138. The van der Waals surface area contributed by atoms with E-state index in [9.17, 15) is 19.5 Å². The Morgan fingerprint density at radius 1 is 0.932 bits per heavy atom. The molecule has 2 amide bonds. The third kappa shape index (κ3) is 9.29. The van der Waals surface area contributed by atoms with Crippen LogP contribution in [-0.4, -0.2) is 47.6 Å². The molecule has 1 aromatic heterocycles. The highest BCUT2D eigenvalue weighted by Gasteiger charge is 2.19. The number of carboxylic acids is 1. The number of hydrogen-bond donors (Lipinski definition) is 4. The maximum atomic E-state index is 12.7. The second-order valence-corrected chi connectivity index (χ2v) is 10.7. The summed E-state index contributed by atoms with van der Waals surface area (Å²) in [6, 6.07) is 22.7. The maximum Gasteiger partial charge on any atom is 0.305 e. The number of anilines is 1. The molecule has 0 aliphatic carbocycles. The monoisotopic (exact) mass is 596 g/mol. The fraction of sp³-hybridized carbons (Fsp3) is 0.314. The number of nitrogens with zero attached hydrogens (tertiary/aromatic N) is 1. The van der Waals surface area contributed by atoms with Crippen molar-refractivity contribution >= 4 is 34.4 Å². The molecule has 0 aliphatic rings. The molecule has 0 radical (unpaired) electrons. The van der Waals surface area contributed by atoms with Crippen LogP contribution >= 0.6 is 0 Å². The number of aryl methyl sites for hydroxylation is 1. The molecule has 0 saturated heterocycles. The summed E-state index contributed by atoms with van der Waals surface area (Å²) in [6.07, 6.45) is 4.11. The predicted molar refractivity (Wildman–Crippen MR) is 173 cm³/mol. The van der Waals surface area contributed by atoms with Crippen molar-refractivity contribution < 1.29 is 24.2 Å². The van der Waals surface area contributed by atoms with Crippen LogP contribution in [-0.2, 0) is 14.4 Å². The van der Waals surface area contributed by atoms with Gasteiger partial charge in [0.2, 0.25) is 11.8 Å². The van der Waals surface area contributed by atoms with Gasteiger partial charge in [0.15, 0.2) is 0 Å². The first-order valence-corrected chi connectivity index (χ1v) is 15.0. The molecule has 1 atom stereocenters. The number of nitrogens with one attached hydrogen (secondary N) is 3. The van der Waals surface area contributed by atoms with Gasteiger partial charge in [0.25, 0.3) is 0 Å². The molecular weight excluding hydrogens is 556 g/mol. The van der Waals surface area contributed by atoms with Gasteiger partial charge >= 0.3 is 5.97 Å². The zero-order valence-corrected chi connectivity index (χ0v) is 25.3. The zero-order valence-electron chi connectivity index (χ0n) is 25.3. The first kappa shape index (κ1) is 32.0. The molecule has 1 heterocycles. The number of carbonyl (C=O) groups excluding carboxylic acids is 2. The van der Waals surface area contributed by atoms with Crippen molar-refractivity contribution in [1.29, 1.82) is 0 Å². The fourth-order valence-corrected chi connectivity index (χ4v) is 4.96. The Balaban J connectivity index is 1.31. The first-order valence-electron chi connectivity index (χ1n) is 15.0. The van der Waals surface area contributed by atoms with E-state index in [0.29, 0.717) is 25.1 Å². The highest BCUT2D eigenvalue weighted by atomic mass is 16.5. The van der Waals surface area contributed by atoms with Gasteiger partial charge in [0.1, 0.15) is 11.6 Å². The SMILES string of the molecule is CCCOc1ccc(-c2ccc([C@H](CC(=O)O)NC(=O)CNC(=O)CCCCNc3cc(C)ccn3)cc2)c2ccccc12. The highest BCUT2D eigenvalue weighted by molar-refractivity contribution is 6.00. The average molecular weight is 597 g/mol. The minimum absolute atomic E-state index is 0.225. The van der Waals surface area contributed by atoms with Gasteiger partial charge in [-0.15, -0.1) is 0 Å². The van der Waals surface area contributed by atoms with Gasteiger partial charge in [-0.25, -0.2) is 4.98 Å². The molecule has 9 nitrogen and oxygen atoms in total. The summed E-state index contributed by atoms with van der Waals surface area (Å²) in [5, 5.41) is 20.2. The standard InChI is InChI=1S/C35H40N4O5/c1-3-20-44-31-16-15-27(28-8-4-5-9-29(28)31)25-11-13-26(14-12-25)30(22-35(42)43)39-34(41)23-38-33(40)10-6-7-18-36-32-21-24(2)17-19-37-32/h4-5,8-9,11-17,19,21,30H,3,6-7,10,18,20,22-23H2,1-2H3,(H,36,37)(H,38,40)(H,39,41)(H,42,43)/t30-/m0/s1. The number of aliphatic carboxylic acids is 1. The van der Waals surface area contributed by atoms with Gasteiger partial charge in [0, 0.05) is 24.5 Å². The van der Waals surface area contributed by atoms with Crippen LogP contribution < -0.4 is 20.7 Å². The van der Waals surface area contributed by atoms with Gasteiger partial charge in [-0.3, -0.25) is 14.4 Å². The van der Waals surface area contributed by atoms with Crippen molar-refractivity contribution in [3.8, 4) is 16.9 Å². The number of aromatic nitrogens is 1. The van der Waals surface area contributed by atoms with Gasteiger partial charge in [-0.1, -0.05) is 61.5 Å². The van der Waals surface area contributed by atoms with E-state index >= 15 is 0 Å². The van der Waals surface area contributed by atoms with Gasteiger partial charge in [-0.2, -0.15) is 0 Å². The topological polar surface area (TPSA) is 130 Å². The quantitative estimate of drug-likeness (QED) is 0.116. The summed E-state index contributed by atoms with van der Waals surface area (Å²) in [5.41, 5.74) is 3.78. The molecule has 230 valence electrons. The summed E-state index contributed by atoms with van der Waals surface area (Å²) in [4.78, 5) is 40.8. The van der Waals surface area contributed by atoms with E-state index < -0.39 is 17.9 Å². The van der Waals surface area contributed by atoms with Crippen LogP contribution in [0, 0.1) is 6.92 Å². The van der Waals surface area contributed by atoms with Gasteiger partial charge in [-0.05, 0) is 72.0 Å². The van der Waals surface area contributed by atoms with Crippen LogP contribution in [0.1, 0.15) is 56.2 Å². The molecule has 0 spiro atoms. The number of hydrogen-bond acceptors (Lipinski definition) is 6. The molecule has 4 aromatic rings. The predicted octanol–water partition coefficient (Wildman–Crippen LogP) is 6.03. The lowest BCUT2D eigenvalue weighted by Crippen LogP contribution is -2.39. The second kappa shape index (κ2) is 16.1. The number of carbonyl (C=O) groups is 3. The number of unbranched alkanes of at least 4 members (excludes halogenated alkanes) is 1. The van der Waals surface area contributed by atoms with Crippen molar-refractivity contribution in [1.82, 2.24) is 15.6 Å². The minimum atomic E-state index is -1.04. The Bertz CT molecular complexity index is 1570. The third-order valence-corrected chi connectivity index (χ3v) is 7.18. The summed E-state index contributed by atoms with van der Waals surface area (Å²) in [5.74, 6) is -0.0732. The number of amides is 2. The van der Waals surface area contributed by atoms with Crippen molar-refractivity contribution in [3.63, 3.8) is 0 Å². The van der Waals surface area contributed by atoms with Crippen molar-refractivity contribution in [2.75, 3.05) is 25.0 Å². The smallest absolute Gasteiger partial charge is 0.305 e. The van der Waals surface area contributed by atoms with E-state index in [1.165, 1.54) is 0 Å². The van der Waals surface area contributed by atoms with Crippen LogP contribution in [0.15, 0.2) is 79.0 Å². The normalized spacial score (nSPS) is 11.5. The zero-order chi connectivity index (χ0) is 31.3. The molecule has 0 bridgehead atoms. The summed E-state index contributed by atoms with van der Waals surface area (Å²) < 4.78 is 5.94. The summed E-state index contributed by atoms with van der Waals surface area (Å²) in [7, 11) is 0. The highest BCUT2D eigenvalue weighted by Crippen LogP contribution is 2.35. The fourth-order valence-electron chi connectivity index (χ4n) is 4.96. The summed E-state index contributed by atoms with van der Waals surface area (Å²) in [6.45, 7) is 5.18. The van der Waals surface area contributed by atoms with E-state index in [-0.39, 0.29) is 25.3 Å². The number of rotatable bonds is 16. The number of ether oxygens (including phenoxy) is 1. The third-order valence-electron chi connectivity index (χ3n) is 7.18. The molecule has 44 heavy (non-hydrogen) atoms. The van der Waals surface area contributed by atoms with Gasteiger partial charge in [0.05, 0.1) is 25.6 Å². The van der Waals surface area contributed by atoms with Crippen LogP contribution in [0.25, 0.3) is 21.9 Å². The number of pyridine rings is 1. The molecule has 0 unspecified atom stereocenters.